The van der Waals surface area contributed by atoms with Gasteiger partial charge in [0.1, 0.15) is 0 Å². The summed E-state index contributed by atoms with van der Waals surface area (Å²) in [7, 11) is 0. The zero-order valence-electron chi connectivity index (χ0n) is 12.3. The maximum absolute atomic E-state index is 3.73. The first-order chi connectivity index (χ1) is 7.88. The van der Waals surface area contributed by atoms with Crippen LogP contribution in [0.1, 0.15) is 47.5 Å². The molecular weight excluding hydrogens is 208 g/mol. The molecule has 0 radical (unpaired) electrons. The largest absolute Gasteiger partial charge is 0.311 e. The maximum atomic E-state index is 3.73. The fraction of sp³-hybridized carbons (Fsp3) is 1.00. The minimum absolute atomic E-state index is 0.430. The third-order valence-electron chi connectivity index (χ3n) is 4.91. The lowest BCUT2D eigenvalue weighted by Gasteiger charge is -2.42. The molecule has 3 unspecified atom stereocenters. The Hall–Kier alpha value is -0.0800. The van der Waals surface area contributed by atoms with Crippen molar-refractivity contribution in [1.82, 2.24) is 10.2 Å². The Kier molecular flexibility index (Phi) is 3.84. The predicted molar refractivity (Wildman–Crippen MR) is 74.2 cm³/mol. The van der Waals surface area contributed by atoms with Gasteiger partial charge in [0.2, 0.25) is 0 Å². The molecule has 0 bridgehead atoms. The van der Waals surface area contributed by atoms with Gasteiger partial charge in [-0.05, 0) is 37.0 Å². The maximum Gasteiger partial charge on any atom is 0.0224 e. The molecule has 1 aliphatic carbocycles. The van der Waals surface area contributed by atoms with Crippen LogP contribution in [0.2, 0.25) is 0 Å². The first-order valence-electron chi connectivity index (χ1n) is 7.35. The summed E-state index contributed by atoms with van der Waals surface area (Å²) in [5.41, 5.74) is 0.430. The fourth-order valence-electron chi connectivity index (χ4n) is 2.64. The minimum atomic E-state index is 0.430. The molecule has 17 heavy (non-hydrogen) atoms. The van der Waals surface area contributed by atoms with Gasteiger partial charge in [0.15, 0.2) is 0 Å². The van der Waals surface area contributed by atoms with Crippen LogP contribution in [-0.2, 0) is 0 Å². The van der Waals surface area contributed by atoms with Gasteiger partial charge in [0.25, 0.3) is 0 Å². The Labute approximate surface area is 107 Å². The van der Waals surface area contributed by atoms with Crippen LogP contribution in [0.4, 0.5) is 0 Å². The highest BCUT2D eigenvalue weighted by atomic mass is 15.2. The molecule has 2 heteroatoms. The van der Waals surface area contributed by atoms with Crippen LogP contribution < -0.4 is 5.32 Å². The van der Waals surface area contributed by atoms with Crippen molar-refractivity contribution in [3.05, 3.63) is 0 Å². The van der Waals surface area contributed by atoms with Crippen LogP contribution in [0.25, 0.3) is 0 Å². The summed E-state index contributed by atoms with van der Waals surface area (Å²) >= 11 is 0. The van der Waals surface area contributed by atoms with Crippen LogP contribution in [0, 0.1) is 17.3 Å². The second kappa shape index (κ2) is 4.89. The quantitative estimate of drug-likeness (QED) is 0.813. The highest BCUT2D eigenvalue weighted by molar-refractivity contribution is 4.94. The molecule has 2 fully saturated rings. The van der Waals surface area contributed by atoms with E-state index >= 15 is 0 Å². The van der Waals surface area contributed by atoms with Gasteiger partial charge in [-0.1, -0.05) is 27.7 Å². The zero-order chi connectivity index (χ0) is 12.6. The molecule has 0 aromatic carbocycles. The van der Waals surface area contributed by atoms with Gasteiger partial charge >= 0.3 is 0 Å². The van der Waals surface area contributed by atoms with E-state index in [0.29, 0.717) is 11.5 Å². The molecule has 1 saturated carbocycles. The van der Waals surface area contributed by atoms with Gasteiger partial charge < -0.3 is 5.32 Å². The average Bonchev–Trinajstić information content (AvgIpc) is 3.03. The lowest BCUT2D eigenvalue weighted by molar-refractivity contribution is 0.0864. The minimum Gasteiger partial charge on any atom is -0.311 e. The molecule has 0 aromatic heterocycles. The molecule has 2 rings (SSSR count). The molecule has 0 amide bonds. The zero-order valence-corrected chi connectivity index (χ0v) is 12.3. The summed E-state index contributed by atoms with van der Waals surface area (Å²) in [6.45, 7) is 15.6. The van der Waals surface area contributed by atoms with E-state index in [-0.39, 0.29) is 0 Å². The fourth-order valence-corrected chi connectivity index (χ4v) is 2.64. The molecule has 2 nitrogen and oxygen atoms in total. The van der Waals surface area contributed by atoms with Gasteiger partial charge in [0, 0.05) is 31.7 Å². The number of nitrogens with one attached hydrogen (secondary N) is 1. The van der Waals surface area contributed by atoms with Crippen LogP contribution in [0.5, 0.6) is 0 Å². The van der Waals surface area contributed by atoms with Crippen molar-refractivity contribution in [3.8, 4) is 0 Å². The lowest BCUT2D eigenvalue weighted by atomic mass is 9.81. The highest BCUT2D eigenvalue weighted by Crippen LogP contribution is 2.35. The van der Waals surface area contributed by atoms with Gasteiger partial charge in [-0.3, -0.25) is 4.90 Å². The molecule has 1 saturated heterocycles. The number of piperazine rings is 1. The normalized spacial score (nSPS) is 33.7. The van der Waals surface area contributed by atoms with E-state index in [9.17, 15) is 0 Å². The topological polar surface area (TPSA) is 15.3 Å². The molecular formula is C15H30N2. The molecule has 3 atom stereocenters. The van der Waals surface area contributed by atoms with Gasteiger partial charge in [-0.25, -0.2) is 0 Å². The van der Waals surface area contributed by atoms with Crippen molar-refractivity contribution in [1.29, 1.82) is 0 Å². The summed E-state index contributed by atoms with van der Waals surface area (Å²) in [5.74, 6) is 1.75. The first-order valence-corrected chi connectivity index (χ1v) is 7.35. The molecule has 0 aromatic rings. The van der Waals surface area contributed by atoms with Crippen LogP contribution >= 0.6 is 0 Å². The number of hydrogen-bond acceptors (Lipinski definition) is 2. The van der Waals surface area contributed by atoms with E-state index in [4.69, 9.17) is 0 Å². The summed E-state index contributed by atoms with van der Waals surface area (Å²) < 4.78 is 0. The third-order valence-corrected chi connectivity index (χ3v) is 4.91. The number of hydrogen-bond donors (Lipinski definition) is 1. The van der Waals surface area contributed by atoms with Crippen molar-refractivity contribution in [2.75, 3.05) is 19.6 Å². The molecule has 1 N–H and O–H groups in total. The van der Waals surface area contributed by atoms with E-state index in [1.807, 2.05) is 0 Å². The van der Waals surface area contributed by atoms with Crippen LogP contribution in [0.15, 0.2) is 0 Å². The Morgan fingerprint density at radius 3 is 2.47 bits per heavy atom. The summed E-state index contributed by atoms with van der Waals surface area (Å²) in [4.78, 5) is 2.72. The summed E-state index contributed by atoms with van der Waals surface area (Å²) in [6, 6.07) is 1.48. The predicted octanol–water partition coefficient (Wildman–Crippen LogP) is 2.74. The van der Waals surface area contributed by atoms with E-state index in [0.717, 1.165) is 17.9 Å². The van der Waals surface area contributed by atoms with Crippen molar-refractivity contribution >= 4 is 0 Å². The van der Waals surface area contributed by atoms with Gasteiger partial charge in [-0.2, -0.15) is 0 Å². The number of nitrogens with zero attached hydrogens (tertiary/aromatic N) is 1. The van der Waals surface area contributed by atoms with Crippen LogP contribution in [0.3, 0.4) is 0 Å². The third kappa shape index (κ3) is 3.45. The second-order valence-electron chi connectivity index (χ2n) is 7.42. The standard InChI is InChI=1S/C15H30N2/c1-11(15(3,4)5)9-17-10-14(13-6-7-13)16-8-12(17)2/h11-14,16H,6-10H2,1-5H3. The van der Waals surface area contributed by atoms with Gasteiger partial charge in [0.05, 0.1) is 0 Å². The number of rotatable bonds is 3. The molecule has 1 aliphatic heterocycles. The smallest absolute Gasteiger partial charge is 0.0224 e. The lowest BCUT2D eigenvalue weighted by Crippen LogP contribution is -2.57. The molecule has 0 spiro atoms. The van der Waals surface area contributed by atoms with E-state index in [1.165, 1.54) is 32.5 Å². The van der Waals surface area contributed by atoms with Crippen LogP contribution in [-0.4, -0.2) is 36.6 Å². The molecule has 100 valence electrons. The van der Waals surface area contributed by atoms with Crippen molar-refractivity contribution in [2.24, 2.45) is 17.3 Å². The molecule has 2 aliphatic rings. The monoisotopic (exact) mass is 238 g/mol. The Morgan fingerprint density at radius 2 is 1.94 bits per heavy atom. The first kappa shape index (κ1) is 13.4. The Bertz CT molecular complexity index is 252. The van der Waals surface area contributed by atoms with Crippen molar-refractivity contribution < 1.29 is 0 Å². The Balaban J connectivity index is 1.88. The van der Waals surface area contributed by atoms with Crippen molar-refractivity contribution in [2.45, 2.75) is 59.5 Å². The average molecular weight is 238 g/mol. The van der Waals surface area contributed by atoms with Crippen molar-refractivity contribution in [3.63, 3.8) is 0 Å². The SMILES string of the molecule is CC1CNC(C2CC2)CN1CC(C)C(C)(C)C. The summed E-state index contributed by atoms with van der Waals surface area (Å²) in [6.07, 6.45) is 2.91. The Morgan fingerprint density at radius 1 is 1.29 bits per heavy atom. The molecule has 1 heterocycles. The highest BCUT2D eigenvalue weighted by Gasteiger charge is 2.36. The van der Waals surface area contributed by atoms with E-state index in [1.54, 1.807) is 0 Å². The van der Waals surface area contributed by atoms with E-state index < -0.39 is 0 Å². The van der Waals surface area contributed by atoms with Gasteiger partial charge in [-0.15, -0.1) is 0 Å². The van der Waals surface area contributed by atoms with E-state index in [2.05, 4.69) is 44.8 Å². The summed E-state index contributed by atoms with van der Waals surface area (Å²) in [5, 5.41) is 3.73. The second-order valence-corrected chi connectivity index (χ2v) is 7.42.